The van der Waals surface area contributed by atoms with Gasteiger partial charge in [-0.15, -0.1) is 0 Å². The van der Waals surface area contributed by atoms with Gasteiger partial charge in [-0.25, -0.2) is 14.1 Å². The minimum absolute atomic E-state index is 0.295. The average molecular weight is 414 g/mol. The fraction of sp³-hybridized carbons (Fsp3) is 0.364. The van der Waals surface area contributed by atoms with E-state index >= 15 is 0 Å². The molecule has 1 amide bonds. The van der Waals surface area contributed by atoms with Gasteiger partial charge < -0.3 is 9.47 Å². The fourth-order valence-electron chi connectivity index (χ4n) is 3.17. The van der Waals surface area contributed by atoms with Gasteiger partial charge >= 0.3 is 6.09 Å². The van der Waals surface area contributed by atoms with Crippen molar-refractivity contribution in [2.24, 2.45) is 4.99 Å². The molecule has 0 unspecified atom stereocenters. The predicted molar refractivity (Wildman–Crippen MR) is 118 cm³/mol. The summed E-state index contributed by atoms with van der Waals surface area (Å²) < 4.78 is 14.7. The standard InChI is InChI=1S/C22H27N3O3S/c1-15-10-11-18(16(2)12-15)23-14-24(5)29-25(6)21(26)27-19-9-7-8-17-13-22(3,4)28-20(17)19/h7-12,14H,13H2,1-6H3. The minimum Gasteiger partial charge on any atom is -0.483 e. The number of rotatable bonds is 5. The van der Waals surface area contributed by atoms with E-state index in [2.05, 4.69) is 18.0 Å². The molecular weight excluding hydrogens is 386 g/mol. The molecule has 0 N–H and O–H groups in total. The van der Waals surface area contributed by atoms with E-state index in [1.165, 1.54) is 22.0 Å². The molecule has 0 saturated heterocycles. The number of ether oxygens (including phenoxy) is 2. The molecule has 0 aliphatic carbocycles. The summed E-state index contributed by atoms with van der Waals surface area (Å²) in [5.41, 5.74) is 3.96. The third kappa shape index (κ3) is 5.23. The second-order valence-electron chi connectivity index (χ2n) is 7.81. The van der Waals surface area contributed by atoms with Crippen LogP contribution in [0.5, 0.6) is 11.5 Å². The van der Waals surface area contributed by atoms with Crippen LogP contribution in [-0.2, 0) is 6.42 Å². The number of aliphatic imine (C=N–C) groups is 1. The fourth-order valence-corrected chi connectivity index (χ4v) is 3.75. The van der Waals surface area contributed by atoms with E-state index in [0.29, 0.717) is 11.5 Å². The summed E-state index contributed by atoms with van der Waals surface area (Å²) in [6.07, 6.45) is 1.98. The summed E-state index contributed by atoms with van der Waals surface area (Å²) in [5.74, 6) is 1.09. The van der Waals surface area contributed by atoms with Crippen LogP contribution in [0.25, 0.3) is 0 Å². The highest BCUT2D eigenvalue weighted by Crippen LogP contribution is 2.42. The maximum absolute atomic E-state index is 12.5. The molecule has 1 aliphatic heterocycles. The molecule has 1 heterocycles. The number of para-hydroxylation sites is 1. The lowest BCUT2D eigenvalue weighted by molar-refractivity contribution is 0.131. The van der Waals surface area contributed by atoms with Crippen molar-refractivity contribution in [3.05, 3.63) is 53.1 Å². The second-order valence-corrected chi connectivity index (χ2v) is 9.10. The monoisotopic (exact) mass is 413 g/mol. The maximum atomic E-state index is 12.5. The zero-order valence-corrected chi connectivity index (χ0v) is 18.5. The summed E-state index contributed by atoms with van der Waals surface area (Å²) >= 11 is 1.19. The second kappa shape index (κ2) is 8.37. The molecule has 29 heavy (non-hydrogen) atoms. The minimum atomic E-state index is -0.483. The first kappa shape index (κ1) is 21.0. The first-order valence-corrected chi connectivity index (χ1v) is 10.2. The number of hydrogen-bond donors (Lipinski definition) is 0. The molecule has 0 radical (unpaired) electrons. The number of carbonyl (C=O) groups excluding carboxylic acids is 1. The molecular formula is C22H27N3O3S. The van der Waals surface area contributed by atoms with Gasteiger partial charge in [0.15, 0.2) is 11.5 Å². The van der Waals surface area contributed by atoms with Gasteiger partial charge in [0.1, 0.15) is 11.9 Å². The quantitative estimate of drug-likeness (QED) is 0.378. The van der Waals surface area contributed by atoms with Crippen molar-refractivity contribution in [1.82, 2.24) is 8.61 Å². The van der Waals surface area contributed by atoms with Crippen LogP contribution in [0.15, 0.2) is 41.4 Å². The first-order valence-electron chi connectivity index (χ1n) is 9.43. The van der Waals surface area contributed by atoms with E-state index < -0.39 is 6.09 Å². The number of nitrogens with zero attached hydrogens (tertiary/aromatic N) is 3. The van der Waals surface area contributed by atoms with Gasteiger partial charge in [-0.2, -0.15) is 0 Å². The van der Waals surface area contributed by atoms with Crippen LogP contribution in [0.1, 0.15) is 30.5 Å². The molecule has 6 nitrogen and oxygen atoms in total. The number of benzene rings is 2. The Morgan fingerprint density at radius 2 is 2.00 bits per heavy atom. The van der Waals surface area contributed by atoms with Crippen molar-refractivity contribution in [2.75, 3.05) is 14.1 Å². The van der Waals surface area contributed by atoms with E-state index in [4.69, 9.17) is 9.47 Å². The van der Waals surface area contributed by atoms with Crippen molar-refractivity contribution in [3.63, 3.8) is 0 Å². The predicted octanol–water partition coefficient (Wildman–Crippen LogP) is 5.30. The number of amides is 1. The van der Waals surface area contributed by atoms with Crippen molar-refractivity contribution >= 4 is 30.3 Å². The van der Waals surface area contributed by atoms with Crippen LogP contribution in [0.4, 0.5) is 10.5 Å². The molecule has 0 aromatic heterocycles. The van der Waals surface area contributed by atoms with Gasteiger partial charge in [-0.1, -0.05) is 29.8 Å². The van der Waals surface area contributed by atoms with Crippen LogP contribution >= 0.6 is 12.1 Å². The number of fused-ring (bicyclic) bond motifs is 1. The molecule has 7 heteroatoms. The summed E-state index contributed by atoms with van der Waals surface area (Å²) in [6.45, 7) is 8.12. The molecule has 3 rings (SSSR count). The molecule has 0 saturated carbocycles. The third-order valence-corrected chi connectivity index (χ3v) is 5.22. The highest BCUT2D eigenvalue weighted by molar-refractivity contribution is 7.95. The van der Waals surface area contributed by atoms with Gasteiger partial charge in [-0.3, -0.25) is 4.31 Å². The molecule has 154 valence electrons. The molecule has 0 fully saturated rings. The molecule has 0 atom stereocenters. The van der Waals surface area contributed by atoms with Crippen LogP contribution in [-0.4, -0.2) is 40.7 Å². The van der Waals surface area contributed by atoms with Crippen LogP contribution in [0.3, 0.4) is 0 Å². The summed E-state index contributed by atoms with van der Waals surface area (Å²) in [7, 11) is 3.48. The average Bonchev–Trinajstić information content (AvgIpc) is 2.96. The Balaban J connectivity index is 1.60. The molecule has 2 aromatic carbocycles. The third-order valence-electron chi connectivity index (χ3n) is 4.47. The van der Waals surface area contributed by atoms with Crippen LogP contribution < -0.4 is 9.47 Å². The Hall–Kier alpha value is -2.67. The Labute approximate surface area is 176 Å². The van der Waals surface area contributed by atoms with Crippen molar-refractivity contribution < 1.29 is 14.3 Å². The SMILES string of the molecule is Cc1ccc(N=CN(C)SN(C)C(=O)Oc2cccc3c2OC(C)(C)C3)c(C)c1. The van der Waals surface area contributed by atoms with Gasteiger partial charge in [0.05, 0.1) is 17.8 Å². The molecule has 0 spiro atoms. The maximum Gasteiger partial charge on any atom is 0.426 e. The van der Waals surface area contributed by atoms with Gasteiger partial charge in [0.25, 0.3) is 0 Å². The zero-order chi connectivity index (χ0) is 21.2. The Bertz CT molecular complexity index is 943. The lowest BCUT2D eigenvalue weighted by Gasteiger charge is -2.21. The topological polar surface area (TPSA) is 54.4 Å². The number of aryl methyl sites for hydroxylation is 2. The smallest absolute Gasteiger partial charge is 0.426 e. The first-order chi connectivity index (χ1) is 13.6. The van der Waals surface area contributed by atoms with E-state index in [9.17, 15) is 4.79 Å². The van der Waals surface area contributed by atoms with Crippen molar-refractivity contribution in [2.45, 2.75) is 39.7 Å². The summed E-state index contributed by atoms with van der Waals surface area (Å²) in [5, 5.41) is 0. The molecule has 2 aromatic rings. The Kier molecular flexibility index (Phi) is 6.07. The normalized spacial score (nSPS) is 14.4. The summed E-state index contributed by atoms with van der Waals surface area (Å²) in [6, 6.07) is 11.7. The van der Waals surface area contributed by atoms with Crippen LogP contribution in [0, 0.1) is 13.8 Å². The van der Waals surface area contributed by atoms with Gasteiger partial charge in [0, 0.05) is 26.1 Å². The summed E-state index contributed by atoms with van der Waals surface area (Å²) in [4.78, 5) is 17.0. The largest absolute Gasteiger partial charge is 0.483 e. The molecule has 0 bridgehead atoms. The lowest BCUT2D eigenvalue weighted by atomic mass is 10.0. The van der Waals surface area contributed by atoms with Gasteiger partial charge in [-0.05, 0) is 45.4 Å². The Morgan fingerprint density at radius 3 is 2.72 bits per heavy atom. The van der Waals surface area contributed by atoms with Crippen molar-refractivity contribution in [3.8, 4) is 11.5 Å². The van der Waals surface area contributed by atoms with Crippen molar-refractivity contribution in [1.29, 1.82) is 0 Å². The van der Waals surface area contributed by atoms with E-state index in [0.717, 1.165) is 23.2 Å². The van der Waals surface area contributed by atoms with Crippen LogP contribution in [0.2, 0.25) is 0 Å². The Morgan fingerprint density at radius 1 is 1.24 bits per heavy atom. The van der Waals surface area contributed by atoms with E-state index in [1.54, 1.807) is 23.8 Å². The van der Waals surface area contributed by atoms with Gasteiger partial charge in [0.2, 0.25) is 0 Å². The van der Waals surface area contributed by atoms with E-state index in [-0.39, 0.29) is 5.60 Å². The lowest BCUT2D eigenvalue weighted by Crippen LogP contribution is -2.28. The number of hydrogen-bond acceptors (Lipinski definition) is 5. The van der Waals surface area contributed by atoms with E-state index in [1.807, 2.05) is 52.1 Å². The highest BCUT2D eigenvalue weighted by Gasteiger charge is 2.33. The highest BCUT2D eigenvalue weighted by atomic mass is 32.2. The number of carbonyl (C=O) groups is 1. The molecule has 1 aliphatic rings. The zero-order valence-electron chi connectivity index (χ0n) is 17.7.